The minimum atomic E-state index is -0.120. The lowest BCUT2D eigenvalue weighted by atomic mass is 9.96. The summed E-state index contributed by atoms with van der Waals surface area (Å²) in [4.78, 5) is 8.64. The third kappa shape index (κ3) is 5.21. The van der Waals surface area contributed by atoms with Gasteiger partial charge in [0.2, 0.25) is 5.88 Å². The number of hydrogen-bond donors (Lipinski definition) is 0. The maximum Gasteiger partial charge on any atom is 0.218 e. The number of rotatable bonds is 6. The summed E-state index contributed by atoms with van der Waals surface area (Å²) in [6.07, 6.45) is 4.73. The Labute approximate surface area is 115 Å². The fourth-order valence-electron chi connectivity index (χ4n) is 1.51. The molecule has 0 amide bonds. The Morgan fingerprint density at radius 3 is 2.50 bits per heavy atom. The van der Waals surface area contributed by atoms with Gasteiger partial charge in [-0.05, 0) is 6.42 Å². The van der Waals surface area contributed by atoms with Crippen molar-refractivity contribution in [1.29, 1.82) is 0 Å². The molecule has 3 nitrogen and oxygen atoms in total. The average molecular weight is 271 g/mol. The van der Waals surface area contributed by atoms with Gasteiger partial charge in [0.15, 0.2) is 0 Å². The Morgan fingerprint density at radius 2 is 1.89 bits per heavy atom. The van der Waals surface area contributed by atoms with Crippen LogP contribution in [0.1, 0.15) is 59.2 Å². The van der Waals surface area contributed by atoms with E-state index in [0.29, 0.717) is 17.6 Å². The number of aromatic nitrogens is 2. The fraction of sp³-hybridized carbons (Fsp3) is 0.714. The topological polar surface area (TPSA) is 35.0 Å². The molecule has 0 N–H and O–H groups in total. The lowest BCUT2D eigenvalue weighted by Crippen LogP contribution is -2.16. The van der Waals surface area contributed by atoms with Crippen LogP contribution in [0.25, 0.3) is 0 Å². The van der Waals surface area contributed by atoms with Crippen molar-refractivity contribution in [3.63, 3.8) is 0 Å². The fourth-order valence-corrected chi connectivity index (χ4v) is 1.69. The molecule has 0 atom stereocenters. The summed E-state index contributed by atoms with van der Waals surface area (Å²) in [5, 5.41) is 0.443. The van der Waals surface area contributed by atoms with E-state index in [-0.39, 0.29) is 5.41 Å². The molecule has 1 aromatic heterocycles. The van der Waals surface area contributed by atoms with E-state index in [2.05, 4.69) is 37.7 Å². The summed E-state index contributed by atoms with van der Waals surface area (Å²) >= 11 is 5.99. The van der Waals surface area contributed by atoms with Crippen LogP contribution < -0.4 is 4.74 Å². The predicted molar refractivity (Wildman–Crippen MR) is 75.4 cm³/mol. The summed E-state index contributed by atoms with van der Waals surface area (Å²) in [5.74, 6) is 1.30. The van der Waals surface area contributed by atoms with Gasteiger partial charge in [0.05, 0.1) is 6.61 Å². The Morgan fingerprint density at radius 1 is 1.17 bits per heavy atom. The molecule has 0 saturated heterocycles. The third-order valence-corrected chi connectivity index (χ3v) is 2.78. The molecular weight excluding hydrogens is 248 g/mol. The summed E-state index contributed by atoms with van der Waals surface area (Å²) < 4.78 is 5.63. The molecule has 1 aromatic rings. The lowest BCUT2D eigenvalue weighted by molar-refractivity contribution is 0.290. The van der Waals surface area contributed by atoms with E-state index >= 15 is 0 Å². The molecule has 1 heterocycles. The first-order valence-electron chi connectivity index (χ1n) is 6.61. The number of hydrogen-bond acceptors (Lipinski definition) is 3. The minimum absolute atomic E-state index is 0.120. The van der Waals surface area contributed by atoms with Crippen molar-refractivity contribution in [2.45, 2.75) is 58.8 Å². The van der Waals surface area contributed by atoms with Crippen LogP contribution in [0.4, 0.5) is 0 Å². The van der Waals surface area contributed by atoms with E-state index in [1.54, 1.807) is 6.07 Å². The molecule has 0 aliphatic rings. The van der Waals surface area contributed by atoms with E-state index in [0.717, 1.165) is 12.2 Å². The molecule has 0 fully saturated rings. The van der Waals surface area contributed by atoms with Crippen molar-refractivity contribution in [2.24, 2.45) is 0 Å². The van der Waals surface area contributed by atoms with E-state index in [1.165, 1.54) is 19.3 Å². The summed E-state index contributed by atoms with van der Waals surface area (Å²) in [6.45, 7) is 9.06. The van der Waals surface area contributed by atoms with Gasteiger partial charge in [0.25, 0.3) is 0 Å². The van der Waals surface area contributed by atoms with Crippen LogP contribution in [0.2, 0.25) is 5.15 Å². The van der Waals surface area contributed by atoms with E-state index in [9.17, 15) is 0 Å². The SMILES string of the molecule is CCCCCCOc1cc(Cl)nc(C(C)(C)C)n1. The van der Waals surface area contributed by atoms with Gasteiger partial charge in [-0.15, -0.1) is 0 Å². The smallest absolute Gasteiger partial charge is 0.218 e. The molecule has 4 heteroatoms. The molecule has 0 saturated carbocycles. The van der Waals surface area contributed by atoms with Crippen LogP contribution in [0.3, 0.4) is 0 Å². The molecule has 1 rings (SSSR count). The second-order valence-electron chi connectivity index (χ2n) is 5.51. The average Bonchev–Trinajstić information content (AvgIpc) is 2.27. The standard InChI is InChI=1S/C14H23ClN2O/c1-5-6-7-8-9-18-12-10-11(15)16-13(17-12)14(2,3)4/h10H,5-9H2,1-4H3. The van der Waals surface area contributed by atoms with Gasteiger partial charge in [-0.1, -0.05) is 58.6 Å². The van der Waals surface area contributed by atoms with Crippen LogP contribution in [0.5, 0.6) is 5.88 Å². The minimum Gasteiger partial charge on any atom is -0.478 e. The maximum atomic E-state index is 5.99. The van der Waals surface area contributed by atoms with Crippen molar-refractivity contribution in [1.82, 2.24) is 9.97 Å². The molecule has 0 aliphatic heterocycles. The van der Waals surface area contributed by atoms with Gasteiger partial charge in [0.1, 0.15) is 11.0 Å². The zero-order chi connectivity index (χ0) is 13.6. The second kappa shape index (κ2) is 6.93. The van der Waals surface area contributed by atoms with Crippen molar-refractivity contribution in [2.75, 3.05) is 6.61 Å². The Kier molecular flexibility index (Phi) is 5.86. The highest BCUT2D eigenvalue weighted by molar-refractivity contribution is 6.29. The normalized spacial score (nSPS) is 11.6. The molecule has 0 radical (unpaired) electrons. The third-order valence-electron chi connectivity index (χ3n) is 2.59. The first-order chi connectivity index (χ1) is 8.43. The Balaban J connectivity index is 2.58. The molecule has 102 valence electrons. The van der Waals surface area contributed by atoms with E-state index in [4.69, 9.17) is 16.3 Å². The van der Waals surface area contributed by atoms with Gasteiger partial charge in [0, 0.05) is 11.5 Å². The summed E-state index contributed by atoms with van der Waals surface area (Å²) in [5.41, 5.74) is -0.120. The van der Waals surface area contributed by atoms with E-state index < -0.39 is 0 Å². The van der Waals surface area contributed by atoms with Crippen molar-refractivity contribution in [3.05, 3.63) is 17.0 Å². The van der Waals surface area contributed by atoms with Gasteiger partial charge in [-0.2, -0.15) is 4.98 Å². The number of nitrogens with zero attached hydrogens (tertiary/aromatic N) is 2. The molecule has 0 aromatic carbocycles. The lowest BCUT2D eigenvalue weighted by Gasteiger charge is -2.17. The van der Waals surface area contributed by atoms with Gasteiger partial charge >= 0.3 is 0 Å². The zero-order valence-corrected chi connectivity index (χ0v) is 12.5. The number of unbranched alkanes of at least 4 members (excludes halogenated alkanes) is 3. The highest BCUT2D eigenvalue weighted by atomic mass is 35.5. The molecule has 0 aliphatic carbocycles. The first-order valence-corrected chi connectivity index (χ1v) is 6.99. The number of halogens is 1. The maximum absolute atomic E-state index is 5.99. The van der Waals surface area contributed by atoms with Gasteiger partial charge in [-0.3, -0.25) is 0 Å². The predicted octanol–water partition coefficient (Wildman–Crippen LogP) is 4.39. The highest BCUT2D eigenvalue weighted by Gasteiger charge is 2.19. The molecule has 18 heavy (non-hydrogen) atoms. The van der Waals surface area contributed by atoms with Gasteiger partial charge < -0.3 is 4.74 Å². The van der Waals surface area contributed by atoms with Crippen LogP contribution in [0.15, 0.2) is 6.07 Å². The Hall–Kier alpha value is -0.830. The monoisotopic (exact) mass is 270 g/mol. The van der Waals surface area contributed by atoms with Crippen molar-refractivity contribution in [3.8, 4) is 5.88 Å². The van der Waals surface area contributed by atoms with Crippen molar-refractivity contribution < 1.29 is 4.74 Å². The van der Waals surface area contributed by atoms with E-state index in [1.807, 2.05) is 0 Å². The highest BCUT2D eigenvalue weighted by Crippen LogP contribution is 2.23. The molecule has 0 unspecified atom stereocenters. The Bertz CT molecular complexity index is 375. The van der Waals surface area contributed by atoms with Crippen molar-refractivity contribution >= 4 is 11.6 Å². The van der Waals surface area contributed by atoms with Crippen LogP contribution in [-0.2, 0) is 5.41 Å². The van der Waals surface area contributed by atoms with Crippen LogP contribution >= 0.6 is 11.6 Å². The summed E-state index contributed by atoms with van der Waals surface area (Å²) in [6, 6.07) is 1.68. The second-order valence-corrected chi connectivity index (χ2v) is 5.90. The summed E-state index contributed by atoms with van der Waals surface area (Å²) in [7, 11) is 0. The zero-order valence-electron chi connectivity index (χ0n) is 11.8. The van der Waals surface area contributed by atoms with Crippen LogP contribution in [-0.4, -0.2) is 16.6 Å². The first kappa shape index (κ1) is 15.2. The molecule has 0 bridgehead atoms. The number of ether oxygens (including phenoxy) is 1. The quantitative estimate of drug-likeness (QED) is 0.568. The van der Waals surface area contributed by atoms with Gasteiger partial charge in [-0.25, -0.2) is 4.98 Å². The molecular formula is C14H23ClN2O. The largest absolute Gasteiger partial charge is 0.478 e. The van der Waals surface area contributed by atoms with Crippen LogP contribution in [0, 0.1) is 0 Å². The molecule has 0 spiro atoms.